The number of hydrogen-bond acceptors (Lipinski definition) is 3. The number of benzene rings is 1. The fourth-order valence-corrected chi connectivity index (χ4v) is 1.30. The molecule has 0 spiro atoms. The second-order valence-corrected chi connectivity index (χ2v) is 3.42. The Bertz CT molecular complexity index is 477. The van der Waals surface area contributed by atoms with Crippen LogP contribution in [0.2, 0.25) is 0 Å². The number of ketones is 1. The lowest BCUT2D eigenvalue weighted by Gasteiger charge is -2.14. The first-order valence-electron chi connectivity index (χ1n) is 4.93. The molecule has 2 N–H and O–H groups in total. The van der Waals surface area contributed by atoms with Gasteiger partial charge in [-0.3, -0.25) is 4.79 Å². The standard InChI is InChI=1S/C12H10F3NO2/c1-2-5-9(16)11(17)8-6-3-4-7-10(8)18-12(13,14)15/h1,3-4,6-7,9H,5,16H2. The van der Waals surface area contributed by atoms with Crippen molar-refractivity contribution in [2.45, 2.75) is 18.8 Å². The molecule has 0 saturated heterocycles. The minimum Gasteiger partial charge on any atom is -0.405 e. The van der Waals surface area contributed by atoms with Crippen LogP contribution in [0.5, 0.6) is 5.75 Å². The predicted molar refractivity (Wildman–Crippen MR) is 58.9 cm³/mol. The molecule has 0 bridgehead atoms. The molecule has 96 valence electrons. The average Bonchev–Trinajstić information content (AvgIpc) is 2.27. The van der Waals surface area contributed by atoms with Crippen molar-refractivity contribution in [1.82, 2.24) is 0 Å². The molecule has 1 unspecified atom stereocenters. The van der Waals surface area contributed by atoms with Gasteiger partial charge in [0.1, 0.15) is 5.75 Å². The lowest BCUT2D eigenvalue weighted by atomic mass is 10.0. The van der Waals surface area contributed by atoms with Crippen LogP contribution in [0, 0.1) is 12.3 Å². The van der Waals surface area contributed by atoms with E-state index in [0.717, 1.165) is 6.07 Å². The van der Waals surface area contributed by atoms with Crippen molar-refractivity contribution in [3.05, 3.63) is 29.8 Å². The van der Waals surface area contributed by atoms with Crippen LogP contribution in [-0.2, 0) is 0 Å². The first-order valence-corrected chi connectivity index (χ1v) is 4.93. The van der Waals surface area contributed by atoms with E-state index in [2.05, 4.69) is 10.7 Å². The molecule has 0 aromatic heterocycles. The van der Waals surface area contributed by atoms with Crippen LogP contribution in [0.4, 0.5) is 13.2 Å². The number of halogens is 3. The van der Waals surface area contributed by atoms with E-state index in [0.29, 0.717) is 0 Å². The van der Waals surface area contributed by atoms with Gasteiger partial charge >= 0.3 is 6.36 Å². The summed E-state index contributed by atoms with van der Waals surface area (Å²) in [4.78, 5) is 11.8. The normalized spacial score (nSPS) is 12.6. The topological polar surface area (TPSA) is 52.3 Å². The molecule has 1 rings (SSSR count). The number of alkyl halides is 3. The summed E-state index contributed by atoms with van der Waals surface area (Å²) < 4.78 is 40.2. The van der Waals surface area contributed by atoms with E-state index in [4.69, 9.17) is 12.2 Å². The van der Waals surface area contributed by atoms with Crippen LogP contribution in [0.3, 0.4) is 0 Å². The van der Waals surface area contributed by atoms with E-state index in [1.165, 1.54) is 18.2 Å². The molecule has 1 aromatic carbocycles. The van der Waals surface area contributed by atoms with Crippen molar-refractivity contribution in [2.24, 2.45) is 5.73 Å². The van der Waals surface area contributed by atoms with Gasteiger partial charge in [0, 0.05) is 6.42 Å². The Hall–Kier alpha value is -2.00. The number of nitrogens with two attached hydrogens (primary N) is 1. The molecule has 1 atom stereocenters. The summed E-state index contributed by atoms with van der Waals surface area (Å²) in [6.45, 7) is 0. The zero-order chi connectivity index (χ0) is 13.8. The second-order valence-electron chi connectivity index (χ2n) is 3.42. The molecule has 0 amide bonds. The number of carbonyl (C=O) groups excluding carboxylic acids is 1. The maximum Gasteiger partial charge on any atom is 0.573 e. The second kappa shape index (κ2) is 5.56. The van der Waals surface area contributed by atoms with Gasteiger partial charge in [0.05, 0.1) is 11.6 Å². The van der Waals surface area contributed by atoms with Gasteiger partial charge in [-0.2, -0.15) is 0 Å². The maximum atomic E-state index is 12.1. The van der Waals surface area contributed by atoms with Gasteiger partial charge in [-0.25, -0.2) is 0 Å². The van der Waals surface area contributed by atoms with Gasteiger partial charge in [-0.15, -0.1) is 25.5 Å². The van der Waals surface area contributed by atoms with E-state index in [9.17, 15) is 18.0 Å². The highest BCUT2D eigenvalue weighted by Crippen LogP contribution is 2.27. The molecule has 1 aromatic rings. The van der Waals surface area contributed by atoms with Crippen LogP contribution in [-0.4, -0.2) is 18.2 Å². The molecule has 3 nitrogen and oxygen atoms in total. The fraction of sp³-hybridized carbons (Fsp3) is 0.250. The molecule has 0 aliphatic rings. The molecule has 6 heteroatoms. The molecule has 0 aliphatic carbocycles. The molecule has 0 saturated carbocycles. The summed E-state index contributed by atoms with van der Waals surface area (Å²) in [5.74, 6) is 0.909. The third-order valence-electron chi connectivity index (χ3n) is 2.05. The van der Waals surface area contributed by atoms with Crippen LogP contribution in [0.15, 0.2) is 24.3 Å². The Balaban J connectivity index is 3.02. The van der Waals surface area contributed by atoms with E-state index in [1.807, 2.05) is 0 Å². The highest BCUT2D eigenvalue weighted by atomic mass is 19.4. The largest absolute Gasteiger partial charge is 0.573 e. The first kappa shape index (κ1) is 14.1. The summed E-state index contributed by atoms with van der Waals surface area (Å²) in [5.41, 5.74) is 5.23. The molecular formula is C12H10F3NO2. The number of para-hydroxylation sites is 1. The van der Waals surface area contributed by atoms with Crippen LogP contribution in [0.25, 0.3) is 0 Å². The third kappa shape index (κ3) is 3.79. The number of carbonyl (C=O) groups is 1. The summed E-state index contributed by atoms with van der Waals surface area (Å²) in [5, 5.41) is 0. The fourth-order valence-electron chi connectivity index (χ4n) is 1.30. The van der Waals surface area contributed by atoms with Crippen molar-refractivity contribution in [1.29, 1.82) is 0 Å². The van der Waals surface area contributed by atoms with Crippen LogP contribution < -0.4 is 10.5 Å². The maximum absolute atomic E-state index is 12.1. The Kier molecular flexibility index (Phi) is 4.34. The summed E-state index contributed by atoms with van der Waals surface area (Å²) in [6.07, 6.45) is 0.0668. The third-order valence-corrected chi connectivity index (χ3v) is 2.05. The van der Waals surface area contributed by atoms with Gasteiger partial charge in [0.15, 0.2) is 5.78 Å². The highest BCUT2D eigenvalue weighted by Gasteiger charge is 2.33. The van der Waals surface area contributed by atoms with Crippen molar-refractivity contribution in [2.75, 3.05) is 0 Å². The SMILES string of the molecule is C#CCC(N)C(=O)c1ccccc1OC(F)(F)F. The Morgan fingerprint density at radius 2 is 2.06 bits per heavy atom. The Labute approximate surface area is 102 Å². The minimum atomic E-state index is -4.87. The van der Waals surface area contributed by atoms with E-state index >= 15 is 0 Å². The van der Waals surface area contributed by atoms with Crippen molar-refractivity contribution in [3.8, 4) is 18.1 Å². The van der Waals surface area contributed by atoms with Gasteiger partial charge in [-0.05, 0) is 12.1 Å². The Morgan fingerprint density at radius 3 is 2.61 bits per heavy atom. The lowest BCUT2D eigenvalue weighted by molar-refractivity contribution is -0.274. The van der Waals surface area contributed by atoms with Gasteiger partial charge < -0.3 is 10.5 Å². The Morgan fingerprint density at radius 1 is 1.44 bits per heavy atom. The number of rotatable bonds is 4. The predicted octanol–water partition coefficient (Wildman–Crippen LogP) is 2.12. The molecule has 0 radical (unpaired) electrons. The summed E-state index contributed by atoms with van der Waals surface area (Å²) in [6, 6.07) is 3.94. The van der Waals surface area contributed by atoms with Crippen molar-refractivity contribution >= 4 is 5.78 Å². The van der Waals surface area contributed by atoms with Crippen LogP contribution in [0.1, 0.15) is 16.8 Å². The van der Waals surface area contributed by atoms with Crippen molar-refractivity contribution in [3.63, 3.8) is 0 Å². The van der Waals surface area contributed by atoms with Gasteiger partial charge in [-0.1, -0.05) is 12.1 Å². The van der Waals surface area contributed by atoms with Gasteiger partial charge in [0.25, 0.3) is 0 Å². The van der Waals surface area contributed by atoms with E-state index in [1.54, 1.807) is 0 Å². The van der Waals surface area contributed by atoms with E-state index < -0.39 is 23.9 Å². The quantitative estimate of drug-likeness (QED) is 0.664. The zero-order valence-corrected chi connectivity index (χ0v) is 9.20. The van der Waals surface area contributed by atoms with Gasteiger partial charge in [0.2, 0.25) is 0 Å². The molecule has 18 heavy (non-hydrogen) atoms. The monoisotopic (exact) mass is 257 g/mol. The number of terminal acetylenes is 1. The summed E-state index contributed by atoms with van der Waals surface area (Å²) >= 11 is 0. The molecule has 0 fully saturated rings. The lowest BCUT2D eigenvalue weighted by Crippen LogP contribution is -2.31. The zero-order valence-electron chi connectivity index (χ0n) is 9.20. The minimum absolute atomic E-state index is 0.0564. The average molecular weight is 257 g/mol. The molecular weight excluding hydrogens is 247 g/mol. The number of hydrogen-bond donors (Lipinski definition) is 1. The number of Topliss-reactive ketones (excluding diaryl/α,β-unsaturated/α-hetero) is 1. The molecule has 0 heterocycles. The van der Waals surface area contributed by atoms with Crippen molar-refractivity contribution < 1.29 is 22.7 Å². The molecule has 0 aliphatic heterocycles. The number of ether oxygens (including phenoxy) is 1. The first-order chi connectivity index (χ1) is 8.35. The van der Waals surface area contributed by atoms with Crippen LogP contribution >= 0.6 is 0 Å². The summed E-state index contributed by atoms with van der Waals surface area (Å²) in [7, 11) is 0. The smallest absolute Gasteiger partial charge is 0.405 e. The highest BCUT2D eigenvalue weighted by molar-refractivity contribution is 6.02. The van der Waals surface area contributed by atoms with E-state index in [-0.39, 0.29) is 12.0 Å².